The average molecular weight is 256 g/mol. The van der Waals surface area contributed by atoms with Gasteiger partial charge >= 0.3 is 73.2 Å². The quantitative estimate of drug-likeness (QED) is 0.534. The minimum absolute atomic E-state index is 0.290. The molecule has 1 rings (SSSR count). The van der Waals surface area contributed by atoms with Crippen LogP contribution >= 0.6 is 0 Å². The fraction of sp³-hybridized carbons (Fsp3) is 0. The van der Waals surface area contributed by atoms with E-state index in [9.17, 15) is 16.9 Å². The number of halogens is 3. The van der Waals surface area contributed by atoms with Crippen LogP contribution in [0, 0.1) is 17.5 Å². The standard InChI is InChI=1S/C6H4AsF3O3/c8-4-1-3(7(11,12)13)2-5(9)6(4)10/h1-2H,(H2,11,12,13). The third-order valence-electron chi connectivity index (χ3n) is 1.30. The van der Waals surface area contributed by atoms with E-state index >= 15 is 0 Å². The Labute approximate surface area is 73.8 Å². The summed E-state index contributed by atoms with van der Waals surface area (Å²) in [6.07, 6.45) is 0. The van der Waals surface area contributed by atoms with Gasteiger partial charge in [-0.15, -0.1) is 0 Å². The first-order valence-corrected chi connectivity index (χ1v) is 6.41. The summed E-state index contributed by atoms with van der Waals surface area (Å²) in [4.78, 5) is 0. The van der Waals surface area contributed by atoms with Gasteiger partial charge in [-0.05, 0) is 0 Å². The molecular weight excluding hydrogens is 252 g/mol. The molecule has 72 valence electrons. The van der Waals surface area contributed by atoms with Crippen molar-refractivity contribution >= 4 is 18.5 Å². The topological polar surface area (TPSA) is 57.5 Å². The van der Waals surface area contributed by atoms with E-state index in [1.165, 1.54) is 0 Å². The Morgan fingerprint density at radius 1 is 1.08 bits per heavy atom. The van der Waals surface area contributed by atoms with E-state index in [4.69, 9.17) is 8.19 Å². The molecule has 0 fully saturated rings. The van der Waals surface area contributed by atoms with Gasteiger partial charge in [-0.3, -0.25) is 0 Å². The molecule has 0 aliphatic rings. The van der Waals surface area contributed by atoms with Crippen LogP contribution in [0.2, 0.25) is 0 Å². The second-order valence-electron chi connectivity index (χ2n) is 2.27. The Kier molecular flexibility index (Phi) is 2.56. The normalized spacial score (nSPS) is 11.8. The molecule has 1 aromatic rings. The van der Waals surface area contributed by atoms with Crippen molar-refractivity contribution < 1.29 is 25.1 Å². The van der Waals surface area contributed by atoms with Crippen LogP contribution in [0.4, 0.5) is 13.2 Å². The van der Waals surface area contributed by atoms with Gasteiger partial charge in [0.25, 0.3) is 0 Å². The van der Waals surface area contributed by atoms with E-state index in [0.717, 1.165) is 0 Å². The minimum atomic E-state index is -5.34. The van der Waals surface area contributed by atoms with Crippen LogP contribution in [-0.2, 0) is 3.74 Å². The zero-order valence-electron chi connectivity index (χ0n) is 6.04. The summed E-state index contributed by atoms with van der Waals surface area (Å²) in [5.41, 5.74) is 0. The van der Waals surface area contributed by atoms with Gasteiger partial charge in [0.2, 0.25) is 0 Å². The van der Waals surface area contributed by atoms with Crippen LogP contribution in [0.5, 0.6) is 0 Å². The number of benzene rings is 1. The van der Waals surface area contributed by atoms with Crippen molar-refractivity contribution in [1.29, 1.82) is 0 Å². The molecule has 0 unspecified atom stereocenters. The number of hydrogen-bond donors (Lipinski definition) is 2. The Morgan fingerprint density at radius 3 is 1.77 bits per heavy atom. The van der Waals surface area contributed by atoms with Crippen molar-refractivity contribution in [2.24, 2.45) is 0 Å². The second-order valence-corrected chi connectivity index (χ2v) is 5.63. The van der Waals surface area contributed by atoms with E-state index in [-0.39, 0.29) is 0 Å². The molecule has 0 aliphatic carbocycles. The van der Waals surface area contributed by atoms with Crippen molar-refractivity contribution in [2.75, 3.05) is 0 Å². The molecule has 3 nitrogen and oxygen atoms in total. The van der Waals surface area contributed by atoms with E-state index < -0.39 is 36.0 Å². The number of rotatable bonds is 1. The molecule has 0 spiro atoms. The van der Waals surface area contributed by atoms with Gasteiger partial charge in [-0.2, -0.15) is 0 Å². The van der Waals surface area contributed by atoms with Gasteiger partial charge in [-0.1, -0.05) is 0 Å². The predicted molar refractivity (Wildman–Crippen MR) is 36.8 cm³/mol. The van der Waals surface area contributed by atoms with Gasteiger partial charge in [0, 0.05) is 0 Å². The molecule has 7 heteroatoms. The molecule has 2 N–H and O–H groups in total. The molecule has 0 amide bonds. The van der Waals surface area contributed by atoms with Crippen LogP contribution in [0.1, 0.15) is 0 Å². The van der Waals surface area contributed by atoms with Gasteiger partial charge in [0.05, 0.1) is 0 Å². The molecule has 0 heterocycles. The van der Waals surface area contributed by atoms with Gasteiger partial charge < -0.3 is 0 Å². The zero-order valence-corrected chi connectivity index (χ0v) is 7.92. The zero-order chi connectivity index (χ0) is 10.2. The fourth-order valence-corrected chi connectivity index (χ4v) is 1.89. The average Bonchev–Trinajstić information content (AvgIpc) is 1.97. The third kappa shape index (κ3) is 2.15. The summed E-state index contributed by atoms with van der Waals surface area (Å²) in [5.74, 6) is -4.97. The molecule has 13 heavy (non-hydrogen) atoms. The molecule has 1 aromatic carbocycles. The molecule has 0 aromatic heterocycles. The summed E-state index contributed by atoms with van der Waals surface area (Å²) in [7, 11) is 0. The van der Waals surface area contributed by atoms with Crippen molar-refractivity contribution in [3.63, 3.8) is 0 Å². The summed E-state index contributed by atoms with van der Waals surface area (Å²) >= 11 is -5.34. The predicted octanol–water partition coefficient (Wildman–Crippen LogP) is -0.335. The molecule has 0 radical (unpaired) electrons. The Morgan fingerprint density at radius 2 is 1.46 bits per heavy atom. The molecule has 0 bridgehead atoms. The molecule has 0 aliphatic heterocycles. The first-order chi connectivity index (χ1) is 5.82. The van der Waals surface area contributed by atoms with Crippen LogP contribution in [-0.4, -0.2) is 22.4 Å². The summed E-state index contributed by atoms with van der Waals surface area (Å²) in [6.45, 7) is 0. The summed E-state index contributed by atoms with van der Waals surface area (Å²) in [6, 6.07) is 0.580. The first-order valence-electron chi connectivity index (χ1n) is 3.03. The van der Waals surface area contributed by atoms with Crippen molar-refractivity contribution in [2.45, 2.75) is 0 Å². The Bertz CT molecular complexity index is 364. The summed E-state index contributed by atoms with van der Waals surface area (Å²) in [5, 5.41) is 0. The van der Waals surface area contributed by atoms with Crippen LogP contribution in [0.3, 0.4) is 0 Å². The van der Waals surface area contributed by atoms with E-state index in [2.05, 4.69) is 0 Å². The monoisotopic (exact) mass is 256 g/mol. The van der Waals surface area contributed by atoms with Crippen molar-refractivity contribution in [3.8, 4) is 0 Å². The van der Waals surface area contributed by atoms with E-state index in [0.29, 0.717) is 12.1 Å². The van der Waals surface area contributed by atoms with Crippen LogP contribution in [0.25, 0.3) is 0 Å². The van der Waals surface area contributed by atoms with Crippen molar-refractivity contribution in [3.05, 3.63) is 29.6 Å². The summed E-state index contributed by atoms with van der Waals surface area (Å²) < 4.78 is 64.0. The SMILES string of the molecule is O=[As](O)(O)c1cc(F)c(F)c(F)c1. The van der Waals surface area contributed by atoms with E-state index in [1.807, 2.05) is 0 Å². The molecule has 0 saturated heterocycles. The van der Waals surface area contributed by atoms with E-state index in [1.54, 1.807) is 0 Å². The maximum atomic E-state index is 12.4. The van der Waals surface area contributed by atoms with Crippen LogP contribution in [0.15, 0.2) is 12.1 Å². The fourth-order valence-electron chi connectivity index (χ4n) is 0.710. The van der Waals surface area contributed by atoms with Crippen molar-refractivity contribution in [1.82, 2.24) is 0 Å². The van der Waals surface area contributed by atoms with Crippen LogP contribution < -0.4 is 4.35 Å². The maximum absolute atomic E-state index is 12.4. The molecule has 0 atom stereocenters. The molecule has 0 saturated carbocycles. The van der Waals surface area contributed by atoms with Gasteiger partial charge in [0.15, 0.2) is 0 Å². The first kappa shape index (κ1) is 10.4. The third-order valence-corrected chi connectivity index (χ3v) is 3.26. The Balaban J connectivity index is 3.38. The molecular formula is C6H4AsF3O3. The number of hydrogen-bond acceptors (Lipinski definition) is 1. The Hall–Kier alpha value is -0.712. The van der Waals surface area contributed by atoms with Gasteiger partial charge in [-0.25, -0.2) is 0 Å². The van der Waals surface area contributed by atoms with Gasteiger partial charge in [0.1, 0.15) is 0 Å². The second kappa shape index (κ2) is 3.21.